The molecule has 0 saturated carbocycles. The lowest BCUT2D eigenvalue weighted by Gasteiger charge is -2.10. The molecule has 3 aromatic rings. The van der Waals surface area contributed by atoms with Gasteiger partial charge in [-0.2, -0.15) is 0 Å². The quantitative estimate of drug-likeness (QED) is 0.752. The highest BCUT2D eigenvalue weighted by Gasteiger charge is 2.25. The maximum atomic E-state index is 13.0. The third kappa shape index (κ3) is 2.87. The van der Waals surface area contributed by atoms with E-state index < -0.39 is 11.8 Å². The summed E-state index contributed by atoms with van der Waals surface area (Å²) < 4.78 is 1.53. The summed E-state index contributed by atoms with van der Waals surface area (Å²) >= 11 is 5.89. The van der Waals surface area contributed by atoms with Crippen LogP contribution in [0.25, 0.3) is 10.9 Å². The van der Waals surface area contributed by atoms with Crippen molar-refractivity contribution in [3.8, 4) is 5.75 Å². The molecule has 3 rings (SSSR count). The van der Waals surface area contributed by atoms with Crippen LogP contribution in [-0.4, -0.2) is 21.5 Å². The van der Waals surface area contributed by atoms with E-state index in [9.17, 15) is 14.7 Å². The van der Waals surface area contributed by atoms with E-state index in [0.717, 1.165) is 0 Å². The van der Waals surface area contributed by atoms with Crippen LogP contribution in [0.2, 0.25) is 5.02 Å². The topological polar surface area (TPSA) is 85.3 Å². The third-order valence-corrected chi connectivity index (χ3v) is 4.64. The normalized spacial score (nSPS) is 12.3. The molecule has 1 aromatic heterocycles. The number of hydrogen-bond acceptors (Lipinski definition) is 3. The van der Waals surface area contributed by atoms with Crippen molar-refractivity contribution in [3.05, 3.63) is 64.3 Å². The molecule has 5 nitrogen and oxygen atoms in total. The zero-order valence-corrected chi connectivity index (χ0v) is 14.5. The number of phenolic OH excluding ortho intramolecular Hbond substituents is 1. The van der Waals surface area contributed by atoms with Gasteiger partial charge in [0.25, 0.3) is 5.91 Å². The van der Waals surface area contributed by atoms with E-state index in [0.29, 0.717) is 32.7 Å². The van der Waals surface area contributed by atoms with Gasteiger partial charge < -0.3 is 10.8 Å². The summed E-state index contributed by atoms with van der Waals surface area (Å²) in [7, 11) is 0. The lowest BCUT2D eigenvalue weighted by atomic mass is 9.97. The lowest BCUT2D eigenvalue weighted by Crippen LogP contribution is -2.20. The predicted molar refractivity (Wildman–Crippen MR) is 97.1 cm³/mol. The molecule has 128 valence electrons. The van der Waals surface area contributed by atoms with Crippen LogP contribution in [0.15, 0.2) is 42.5 Å². The Bertz CT molecular complexity index is 990. The number of nitrogens with zero attached hydrogens (tertiary/aromatic N) is 1. The molecule has 6 heteroatoms. The van der Waals surface area contributed by atoms with Gasteiger partial charge >= 0.3 is 0 Å². The fourth-order valence-corrected chi connectivity index (χ4v) is 3.23. The zero-order valence-electron chi connectivity index (χ0n) is 13.8. The molecular weight excluding hydrogens is 340 g/mol. The molecule has 0 saturated heterocycles. The molecule has 0 aliphatic rings. The Morgan fingerprint density at radius 3 is 2.40 bits per heavy atom. The average Bonchev–Trinajstić information content (AvgIpc) is 2.85. The Morgan fingerprint density at radius 2 is 1.80 bits per heavy atom. The molecule has 1 amide bonds. The van der Waals surface area contributed by atoms with Crippen LogP contribution in [0, 0.1) is 6.92 Å². The van der Waals surface area contributed by atoms with Crippen LogP contribution in [0.1, 0.15) is 34.5 Å². The Balaban J connectivity index is 2.28. The maximum absolute atomic E-state index is 13.0. The Labute approximate surface area is 149 Å². The van der Waals surface area contributed by atoms with Crippen LogP contribution in [0.5, 0.6) is 5.75 Å². The number of amides is 1. The lowest BCUT2D eigenvalue weighted by molar-refractivity contribution is -0.119. The standard InChI is InChI=1S/C19H17ClN2O3/c1-10(18(21)24)17-11(2)22(16-8-7-14(23)9-15(16)17)19(25)12-3-5-13(20)6-4-12/h3-10,23H,1-2H3,(H2,21,24). The monoisotopic (exact) mass is 356 g/mol. The highest BCUT2D eigenvalue weighted by molar-refractivity contribution is 6.30. The van der Waals surface area contributed by atoms with E-state index in [-0.39, 0.29) is 11.7 Å². The number of carbonyl (C=O) groups is 2. The number of benzene rings is 2. The smallest absolute Gasteiger partial charge is 0.262 e. The van der Waals surface area contributed by atoms with Gasteiger partial charge in [-0.05, 0) is 61.9 Å². The first-order valence-corrected chi connectivity index (χ1v) is 8.12. The van der Waals surface area contributed by atoms with Crippen molar-refractivity contribution in [1.29, 1.82) is 0 Å². The molecule has 0 aliphatic carbocycles. The number of primary amides is 1. The first-order chi connectivity index (χ1) is 11.8. The number of fused-ring (bicyclic) bond motifs is 1. The van der Waals surface area contributed by atoms with Crippen molar-refractivity contribution in [2.75, 3.05) is 0 Å². The summed E-state index contributed by atoms with van der Waals surface area (Å²) in [6.07, 6.45) is 0. The average molecular weight is 357 g/mol. The number of carbonyl (C=O) groups excluding carboxylic acids is 2. The third-order valence-electron chi connectivity index (χ3n) is 4.39. The van der Waals surface area contributed by atoms with Crippen LogP contribution < -0.4 is 5.73 Å². The largest absolute Gasteiger partial charge is 0.508 e. The second kappa shape index (κ2) is 6.26. The van der Waals surface area contributed by atoms with Crippen molar-refractivity contribution in [2.45, 2.75) is 19.8 Å². The van der Waals surface area contributed by atoms with Crippen LogP contribution >= 0.6 is 11.6 Å². The van der Waals surface area contributed by atoms with Crippen molar-refractivity contribution >= 4 is 34.3 Å². The van der Waals surface area contributed by atoms with Crippen molar-refractivity contribution in [2.24, 2.45) is 5.73 Å². The van der Waals surface area contributed by atoms with Gasteiger partial charge in [0.15, 0.2) is 0 Å². The van der Waals surface area contributed by atoms with Gasteiger partial charge in [-0.3, -0.25) is 14.2 Å². The molecule has 25 heavy (non-hydrogen) atoms. The number of halogens is 1. The number of hydrogen-bond donors (Lipinski definition) is 2. The van der Waals surface area contributed by atoms with Gasteiger partial charge in [-0.1, -0.05) is 11.6 Å². The maximum Gasteiger partial charge on any atom is 0.262 e. The number of phenols is 1. The van der Waals surface area contributed by atoms with Crippen molar-refractivity contribution in [1.82, 2.24) is 4.57 Å². The van der Waals surface area contributed by atoms with Crippen LogP contribution in [0.4, 0.5) is 0 Å². The van der Waals surface area contributed by atoms with Gasteiger partial charge in [0.05, 0.1) is 11.4 Å². The molecule has 0 radical (unpaired) electrons. The Morgan fingerprint density at radius 1 is 1.16 bits per heavy atom. The van der Waals surface area contributed by atoms with Gasteiger partial charge in [0.1, 0.15) is 5.75 Å². The first kappa shape index (κ1) is 17.0. The molecule has 1 unspecified atom stereocenters. The van der Waals surface area contributed by atoms with E-state index in [1.54, 1.807) is 50.2 Å². The summed E-state index contributed by atoms with van der Waals surface area (Å²) in [6.45, 7) is 3.45. The SMILES string of the molecule is Cc1c(C(C)C(N)=O)c2cc(O)ccc2n1C(=O)c1ccc(Cl)cc1. The molecule has 0 spiro atoms. The minimum Gasteiger partial charge on any atom is -0.508 e. The van der Waals surface area contributed by atoms with E-state index in [1.807, 2.05) is 0 Å². The minimum absolute atomic E-state index is 0.0570. The summed E-state index contributed by atoms with van der Waals surface area (Å²) in [5, 5.41) is 11.0. The Hall–Kier alpha value is -2.79. The fraction of sp³-hybridized carbons (Fsp3) is 0.158. The van der Waals surface area contributed by atoms with Crippen LogP contribution in [-0.2, 0) is 4.79 Å². The molecular formula is C19H17ClN2O3. The highest BCUT2D eigenvalue weighted by atomic mass is 35.5. The van der Waals surface area contributed by atoms with Gasteiger partial charge in [-0.25, -0.2) is 0 Å². The predicted octanol–water partition coefficient (Wildman–Crippen LogP) is 3.59. The summed E-state index contributed by atoms with van der Waals surface area (Å²) in [6, 6.07) is 11.3. The number of nitrogens with two attached hydrogens (primary N) is 1. The second-order valence-corrected chi connectivity index (χ2v) is 6.41. The van der Waals surface area contributed by atoms with E-state index in [2.05, 4.69) is 0 Å². The number of rotatable bonds is 3. The first-order valence-electron chi connectivity index (χ1n) is 7.74. The summed E-state index contributed by atoms with van der Waals surface area (Å²) in [4.78, 5) is 24.7. The molecule has 1 heterocycles. The Kier molecular flexibility index (Phi) is 4.27. The minimum atomic E-state index is -0.594. The summed E-state index contributed by atoms with van der Waals surface area (Å²) in [5.74, 6) is -1.28. The second-order valence-electron chi connectivity index (χ2n) is 5.97. The molecule has 1 atom stereocenters. The number of aromatic nitrogens is 1. The van der Waals surface area contributed by atoms with Crippen molar-refractivity contribution in [3.63, 3.8) is 0 Å². The van der Waals surface area contributed by atoms with Crippen molar-refractivity contribution < 1.29 is 14.7 Å². The van der Waals surface area contributed by atoms with E-state index in [4.69, 9.17) is 17.3 Å². The molecule has 3 N–H and O–H groups in total. The molecule has 2 aromatic carbocycles. The van der Waals surface area contributed by atoms with E-state index in [1.165, 1.54) is 10.6 Å². The highest BCUT2D eigenvalue weighted by Crippen LogP contribution is 2.34. The molecule has 0 aliphatic heterocycles. The van der Waals surface area contributed by atoms with Gasteiger partial charge in [0, 0.05) is 21.7 Å². The van der Waals surface area contributed by atoms with Gasteiger partial charge in [0.2, 0.25) is 5.91 Å². The van der Waals surface area contributed by atoms with Crippen LogP contribution in [0.3, 0.4) is 0 Å². The molecule has 0 fully saturated rings. The fourth-order valence-electron chi connectivity index (χ4n) is 3.10. The van der Waals surface area contributed by atoms with Gasteiger partial charge in [-0.15, -0.1) is 0 Å². The molecule has 0 bridgehead atoms. The summed E-state index contributed by atoms with van der Waals surface area (Å²) in [5.41, 5.74) is 7.80. The number of aromatic hydroxyl groups is 1. The zero-order chi connectivity index (χ0) is 18.3. The van der Waals surface area contributed by atoms with E-state index >= 15 is 0 Å².